The monoisotopic (exact) mass is 386 g/mol. The molecule has 0 aliphatic rings. The second-order valence-electron chi connectivity index (χ2n) is 7.97. The number of rotatable bonds is 3. The van der Waals surface area contributed by atoms with E-state index < -0.39 is 22.7 Å². The predicted octanol–water partition coefficient (Wildman–Crippen LogP) is 3.22. The summed E-state index contributed by atoms with van der Waals surface area (Å²) in [4.78, 5) is 35.9. The quantitative estimate of drug-likeness (QED) is 0.746. The number of aromatic amines is 1. The molecule has 3 aromatic heterocycles. The van der Waals surface area contributed by atoms with Crippen LogP contribution < -0.4 is 16.0 Å². The van der Waals surface area contributed by atoms with Crippen molar-refractivity contribution in [2.45, 2.75) is 53.1 Å². The van der Waals surface area contributed by atoms with Gasteiger partial charge >= 0.3 is 5.69 Å². The number of aryl methyl sites for hydroxylation is 1. The van der Waals surface area contributed by atoms with Crippen molar-refractivity contribution in [3.63, 3.8) is 0 Å². The summed E-state index contributed by atoms with van der Waals surface area (Å²) < 4.78 is 21.4. The van der Waals surface area contributed by atoms with Crippen LogP contribution in [0.3, 0.4) is 0 Å². The third-order valence-corrected chi connectivity index (χ3v) is 4.13. The smallest absolute Gasteiger partial charge is 0.334 e. The molecule has 0 atom stereocenters. The first kappa shape index (κ1) is 19.7. The molecule has 0 amide bonds. The Labute approximate surface area is 161 Å². The summed E-state index contributed by atoms with van der Waals surface area (Å²) in [5, 5.41) is -0.0451. The molecule has 1 N–H and O–H groups in total. The summed E-state index contributed by atoms with van der Waals surface area (Å²) in [6.45, 7) is 11.0. The van der Waals surface area contributed by atoms with Crippen molar-refractivity contribution < 1.29 is 9.13 Å². The van der Waals surface area contributed by atoms with Crippen LogP contribution in [0.5, 0.6) is 5.88 Å². The maximum atomic E-state index is 14.5. The van der Waals surface area contributed by atoms with Gasteiger partial charge in [0.05, 0.1) is 16.8 Å². The molecule has 28 heavy (non-hydrogen) atoms. The van der Waals surface area contributed by atoms with Gasteiger partial charge in [-0.3, -0.25) is 14.8 Å². The summed E-state index contributed by atoms with van der Waals surface area (Å²) in [7, 11) is 0. The number of nitrogens with zero attached hydrogens (tertiary/aromatic N) is 3. The summed E-state index contributed by atoms with van der Waals surface area (Å²) in [5.41, 5.74) is -0.106. The normalized spacial score (nSPS) is 12.0. The standard InChI is InChI=1S/C20H23FN4O3/c1-10(2)14-15(11(3)7-8-22-14)25-16-12(17(26)24-19(25)27)9-13(21)18(23-16)28-20(4,5)6/h7-10H,1-6H3,(H,24,26,27). The molecule has 148 valence electrons. The van der Waals surface area contributed by atoms with E-state index in [1.165, 1.54) is 4.57 Å². The summed E-state index contributed by atoms with van der Waals surface area (Å²) in [6, 6.07) is 2.81. The number of halogens is 1. The molecule has 0 fully saturated rings. The molecule has 3 heterocycles. The van der Waals surface area contributed by atoms with E-state index in [-0.39, 0.29) is 22.8 Å². The topological polar surface area (TPSA) is 89.9 Å². The summed E-state index contributed by atoms with van der Waals surface area (Å²) in [6.07, 6.45) is 1.66. The minimum Gasteiger partial charge on any atom is -0.470 e. The molecule has 0 aliphatic heterocycles. The summed E-state index contributed by atoms with van der Waals surface area (Å²) in [5.74, 6) is -1.04. The van der Waals surface area contributed by atoms with Crippen LogP contribution >= 0.6 is 0 Å². The maximum Gasteiger partial charge on any atom is 0.334 e. The molecule has 7 nitrogen and oxygen atoms in total. The molecule has 0 saturated heterocycles. The van der Waals surface area contributed by atoms with Crippen molar-refractivity contribution in [2.75, 3.05) is 0 Å². The van der Waals surface area contributed by atoms with E-state index in [0.29, 0.717) is 11.4 Å². The second kappa shape index (κ2) is 6.85. The van der Waals surface area contributed by atoms with Crippen molar-refractivity contribution in [3.05, 3.63) is 56.2 Å². The molecule has 0 saturated carbocycles. The number of hydrogen-bond acceptors (Lipinski definition) is 5. The highest BCUT2D eigenvalue weighted by molar-refractivity contribution is 5.77. The van der Waals surface area contributed by atoms with Gasteiger partial charge in [-0.25, -0.2) is 13.8 Å². The van der Waals surface area contributed by atoms with Gasteiger partial charge in [0.1, 0.15) is 5.60 Å². The van der Waals surface area contributed by atoms with Gasteiger partial charge < -0.3 is 4.74 Å². The zero-order chi connectivity index (χ0) is 20.8. The molecule has 3 rings (SSSR count). The third kappa shape index (κ3) is 3.54. The zero-order valence-electron chi connectivity index (χ0n) is 16.8. The minimum atomic E-state index is -0.773. The molecule has 3 aromatic rings. The van der Waals surface area contributed by atoms with E-state index in [1.807, 2.05) is 20.8 Å². The molecule has 0 unspecified atom stereocenters. The molecule has 0 bridgehead atoms. The Morgan fingerprint density at radius 2 is 1.93 bits per heavy atom. The Kier molecular flexibility index (Phi) is 4.82. The van der Waals surface area contributed by atoms with Crippen LogP contribution in [0.2, 0.25) is 0 Å². The van der Waals surface area contributed by atoms with E-state index in [0.717, 1.165) is 11.6 Å². The van der Waals surface area contributed by atoms with Crippen LogP contribution in [0.1, 0.15) is 51.8 Å². The van der Waals surface area contributed by atoms with Gasteiger partial charge in [-0.2, -0.15) is 4.98 Å². The van der Waals surface area contributed by atoms with Crippen LogP contribution in [0.25, 0.3) is 16.7 Å². The molecular weight excluding hydrogens is 363 g/mol. The molecule has 0 aromatic carbocycles. The third-order valence-electron chi connectivity index (χ3n) is 4.13. The van der Waals surface area contributed by atoms with Gasteiger partial charge in [0.2, 0.25) is 0 Å². The van der Waals surface area contributed by atoms with Crippen LogP contribution in [0, 0.1) is 12.7 Å². The number of ether oxygens (including phenoxy) is 1. The van der Waals surface area contributed by atoms with Crippen LogP contribution in [0.15, 0.2) is 27.9 Å². The van der Waals surface area contributed by atoms with Gasteiger partial charge in [-0.1, -0.05) is 13.8 Å². The first-order chi connectivity index (χ1) is 13.0. The Balaban J connectivity index is 2.47. The highest BCUT2D eigenvalue weighted by Gasteiger charge is 2.22. The van der Waals surface area contributed by atoms with E-state index in [9.17, 15) is 14.0 Å². The van der Waals surface area contributed by atoms with Crippen molar-refractivity contribution >= 4 is 11.0 Å². The van der Waals surface area contributed by atoms with Crippen LogP contribution in [-0.2, 0) is 0 Å². The van der Waals surface area contributed by atoms with E-state index >= 15 is 0 Å². The highest BCUT2D eigenvalue weighted by Crippen LogP contribution is 2.27. The second-order valence-corrected chi connectivity index (χ2v) is 7.97. The minimum absolute atomic E-state index is 0.00882. The lowest BCUT2D eigenvalue weighted by atomic mass is 10.0. The predicted molar refractivity (Wildman–Crippen MR) is 105 cm³/mol. The molecular formula is C20H23FN4O3. The molecule has 0 radical (unpaired) electrons. The number of hydrogen-bond donors (Lipinski definition) is 1. The molecule has 8 heteroatoms. The van der Waals surface area contributed by atoms with Crippen molar-refractivity contribution in [2.24, 2.45) is 0 Å². The van der Waals surface area contributed by atoms with E-state index in [4.69, 9.17) is 4.74 Å². The lowest BCUT2D eigenvalue weighted by Crippen LogP contribution is -2.32. The fourth-order valence-corrected chi connectivity index (χ4v) is 2.97. The van der Waals surface area contributed by atoms with Gasteiger partial charge in [0, 0.05) is 6.20 Å². The summed E-state index contributed by atoms with van der Waals surface area (Å²) >= 11 is 0. The van der Waals surface area contributed by atoms with Crippen molar-refractivity contribution in [1.82, 2.24) is 19.5 Å². The Morgan fingerprint density at radius 3 is 2.54 bits per heavy atom. The van der Waals surface area contributed by atoms with Gasteiger partial charge in [0.15, 0.2) is 11.5 Å². The maximum absolute atomic E-state index is 14.5. The van der Waals surface area contributed by atoms with Gasteiger partial charge in [-0.05, 0) is 51.3 Å². The number of nitrogens with one attached hydrogen (secondary N) is 1. The van der Waals surface area contributed by atoms with Crippen molar-refractivity contribution in [1.29, 1.82) is 0 Å². The first-order valence-corrected chi connectivity index (χ1v) is 9.00. The lowest BCUT2D eigenvalue weighted by molar-refractivity contribution is 0.117. The van der Waals surface area contributed by atoms with Crippen LogP contribution in [-0.4, -0.2) is 25.1 Å². The average molecular weight is 386 g/mol. The molecule has 0 spiro atoms. The highest BCUT2D eigenvalue weighted by atomic mass is 19.1. The number of aromatic nitrogens is 4. The SMILES string of the molecule is Cc1ccnc(C(C)C)c1-n1c(=O)[nH]c(=O)c2cc(F)c(OC(C)(C)C)nc21. The molecule has 0 aliphatic carbocycles. The first-order valence-electron chi connectivity index (χ1n) is 9.00. The fourth-order valence-electron chi connectivity index (χ4n) is 2.97. The Hall–Kier alpha value is -3.03. The zero-order valence-corrected chi connectivity index (χ0v) is 16.8. The van der Waals surface area contributed by atoms with E-state index in [2.05, 4.69) is 15.0 Å². The largest absolute Gasteiger partial charge is 0.470 e. The van der Waals surface area contributed by atoms with Crippen LogP contribution in [0.4, 0.5) is 4.39 Å². The van der Waals surface area contributed by atoms with Gasteiger partial charge in [-0.15, -0.1) is 0 Å². The van der Waals surface area contributed by atoms with Crippen molar-refractivity contribution in [3.8, 4) is 11.6 Å². The number of H-pyrrole nitrogens is 1. The van der Waals surface area contributed by atoms with Gasteiger partial charge in [0.25, 0.3) is 11.4 Å². The Bertz CT molecular complexity index is 1170. The average Bonchev–Trinajstić information content (AvgIpc) is 2.56. The fraction of sp³-hybridized carbons (Fsp3) is 0.400. The number of fused-ring (bicyclic) bond motifs is 1. The van der Waals surface area contributed by atoms with E-state index in [1.54, 1.807) is 33.0 Å². The number of pyridine rings is 2. The lowest BCUT2D eigenvalue weighted by Gasteiger charge is -2.21. The Morgan fingerprint density at radius 1 is 1.25 bits per heavy atom.